The number of carbonyl (C=O) groups excluding carboxylic acids is 4. The predicted octanol–water partition coefficient (Wildman–Crippen LogP) is 3.74. The molecule has 2 unspecified atom stereocenters. The van der Waals surface area contributed by atoms with Crippen LogP contribution in [0.1, 0.15) is 46.3 Å². The van der Waals surface area contributed by atoms with Crippen LogP contribution in [0.2, 0.25) is 0 Å². The van der Waals surface area contributed by atoms with Gasteiger partial charge >= 0.3 is 12.7 Å². The number of nitrogens with zero attached hydrogens (tertiary/aromatic N) is 2. The molecular formula is C27H27F2IN4O7. The van der Waals surface area contributed by atoms with E-state index in [1.165, 1.54) is 17.0 Å². The number of benzene rings is 2. The van der Waals surface area contributed by atoms with Crippen molar-refractivity contribution in [2.24, 2.45) is 0 Å². The van der Waals surface area contributed by atoms with Crippen molar-refractivity contribution in [2.45, 2.75) is 57.7 Å². The molecule has 0 spiro atoms. The monoisotopic (exact) mass is 684 g/mol. The molecule has 2 saturated heterocycles. The van der Waals surface area contributed by atoms with Crippen molar-refractivity contribution in [1.82, 2.24) is 13.3 Å². The summed E-state index contributed by atoms with van der Waals surface area (Å²) >= 11 is 2.16. The highest BCUT2D eigenvalue weighted by molar-refractivity contribution is 14.1. The Morgan fingerprint density at radius 2 is 2.00 bits per heavy atom. The SMILES string of the molecule is O=C1CCC(N2Cc3ccc(COC(=O)Nc4cc(CN(I)C5CCOC5)cc(OC(F)F)c4)cc3C2=O)C(=O)N1. The van der Waals surface area contributed by atoms with Gasteiger partial charge in [-0.3, -0.25) is 25.0 Å². The molecule has 3 heterocycles. The molecule has 11 nitrogen and oxygen atoms in total. The van der Waals surface area contributed by atoms with Gasteiger partial charge in [-0.2, -0.15) is 8.78 Å². The lowest BCUT2D eigenvalue weighted by molar-refractivity contribution is -0.136. The van der Waals surface area contributed by atoms with Crippen molar-refractivity contribution in [2.75, 3.05) is 18.5 Å². The minimum Gasteiger partial charge on any atom is -0.444 e. The second kappa shape index (κ2) is 12.7. The topological polar surface area (TPSA) is 127 Å². The van der Waals surface area contributed by atoms with E-state index in [0.717, 1.165) is 12.0 Å². The van der Waals surface area contributed by atoms with Gasteiger partial charge in [0.05, 0.1) is 6.61 Å². The second-order valence-corrected chi connectivity index (χ2v) is 11.2. The largest absolute Gasteiger partial charge is 0.444 e. The van der Waals surface area contributed by atoms with Gasteiger partial charge in [-0.15, -0.1) is 0 Å². The fourth-order valence-electron chi connectivity index (χ4n) is 5.04. The Morgan fingerprint density at radius 1 is 1.17 bits per heavy atom. The summed E-state index contributed by atoms with van der Waals surface area (Å²) in [6.45, 7) is -1.29. The van der Waals surface area contributed by atoms with E-state index in [1.807, 2.05) is 3.11 Å². The molecule has 218 valence electrons. The molecule has 0 radical (unpaired) electrons. The van der Waals surface area contributed by atoms with E-state index in [-0.39, 0.29) is 55.3 Å². The van der Waals surface area contributed by atoms with Crippen LogP contribution in [0.3, 0.4) is 0 Å². The summed E-state index contributed by atoms with van der Waals surface area (Å²) in [5, 5.41) is 4.82. The van der Waals surface area contributed by atoms with Crippen LogP contribution in [-0.4, -0.2) is 63.7 Å². The highest BCUT2D eigenvalue weighted by Gasteiger charge is 2.39. The van der Waals surface area contributed by atoms with E-state index < -0.39 is 24.7 Å². The molecule has 2 fully saturated rings. The lowest BCUT2D eigenvalue weighted by Crippen LogP contribution is -2.52. The molecule has 3 aliphatic rings. The molecule has 2 aromatic rings. The number of anilines is 1. The summed E-state index contributed by atoms with van der Waals surface area (Å²) in [4.78, 5) is 50.8. The van der Waals surface area contributed by atoms with Gasteiger partial charge in [0, 0.05) is 72.3 Å². The van der Waals surface area contributed by atoms with Crippen molar-refractivity contribution in [3.05, 3.63) is 58.7 Å². The zero-order chi connectivity index (χ0) is 29.1. The highest BCUT2D eigenvalue weighted by Crippen LogP contribution is 2.29. The normalized spacial score (nSPS) is 20.4. The van der Waals surface area contributed by atoms with Gasteiger partial charge in [0.25, 0.3) is 5.91 Å². The van der Waals surface area contributed by atoms with Gasteiger partial charge in [0.1, 0.15) is 18.4 Å². The Kier molecular flexibility index (Phi) is 8.99. The molecule has 41 heavy (non-hydrogen) atoms. The van der Waals surface area contributed by atoms with Crippen molar-refractivity contribution in [3.63, 3.8) is 0 Å². The quantitative estimate of drug-likeness (QED) is 0.233. The van der Waals surface area contributed by atoms with Crippen LogP contribution in [0.5, 0.6) is 5.75 Å². The average Bonchev–Trinajstić information content (AvgIpc) is 3.56. The molecule has 0 aliphatic carbocycles. The number of nitrogens with one attached hydrogen (secondary N) is 2. The minimum absolute atomic E-state index is 0.0991. The Bertz CT molecular complexity index is 1350. The summed E-state index contributed by atoms with van der Waals surface area (Å²) in [5.74, 6) is -1.29. The first kappa shape index (κ1) is 29.1. The number of alkyl halides is 2. The van der Waals surface area contributed by atoms with Gasteiger partial charge in [-0.1, -0.05) is 12.1 Å². The standard InChI is InChI=1S/C27H27F2IN4O7/c28-26(29)41-20-8-16(11-34(30)19-5-6-39-14-19)7-18(10-20)31-27(38)40-13-15-1-2-17-12-33(25(37)21(17)9-15)22-3-4-23(35)32-24(22)36/h1-2,7-10,19,22,26H,3-6,11-14H2,(H,31,38)(H,32,35,36). The first-order valence-corrected chi connectivity index (χ1v) is 13.9. The van der Waals surface area contributed by atoms with E-state index >= 15 is 0 Å². The second-order valence-electron chi connectivity index (χ2n) is 9.91. The Hall–Kier alpha value is -3.37. The molecule has 14 heteroatoms. The number of amides is 4. The van der Waals surface area contributed by atoms with Crippen LogP contribution in [0, 0.1) is 0 Å². The lowest BCUT2D eigenvalue weighted by Gasteiger charge is -2.29. The van der Waals surface area contributed by atoms with E-state index in [0.29, 0.717) is 36.4 Å². The number of ether oxygens (including phenoxy) is 3. The third-order valence-electron chi connectivity index (χ3n) is 7.04. The number of fused-ring (bicyclic) bond motifs is 1. The summed E-state index contributed by atoms with van der Waals surface area (Å²) in [7, 11) is 0. The molecule has 4 amide bonds. The molecular weight excluding hydrogens is 657 g/mol. The van der Waals surface area contributed by atoms with Crippen LogP contribution in [0.4, 0.5) is 19.3 Å². The third-order valence-corrected chi connectivity index (χ3v) is 8.16. The first-order chi connectivity index (χ1) is 19.7. The predicted molar refractivity (Wildman–Crippen MR) is 148 cm³/mol. The van der Waals surface area contributed by atoms with Gasteiger partial charge in [0.2, 0.25) is 11.8 Å². The number of hydrogen-bond donors (Lipinski definition) is 2. The van der Waals surface area contributed by atoms with Crippen LogP contribution in [-0.2, 0) is 38.8 Å². The van der Waals surface area contributed by atoms with Crippen molar-refractivity contribution >= 4 is 52.4 Å². The van der Waals surface area contributed by atoms with E-state index in [4.69, 9.17) is 9.47 Å². The zero-order valence-corrected chi connectivity index (χ0v) is 23.9. The lowest BCUT2D eigenvalue weighted by atomic mass is 10.0. The third kappa shape index (κ3) is 7.11. The molecule has 5 rings (SSSR count). The number of halogens is 3. The fraction of sp³-hybridized carbons (Fsp3) is 0.407. The van der Waals surface area contributed by atoms with Gasteiger partial charge in [-0.05, 0) is 47.7 Å². The first-order valence-electron chi connectivity index (χ1n) is 13.0. The van der Waals surface area contributed by atoms with E-state index in [9.17, 15) is 28.0 Å². The van der Waals surface area contributed by atoms with Crippen LogP contribution >= 0.6 is 22.9 Å². The van der Waals surface area contributed by atoms with Crippen molar-refractivity contribution < 1.29 is 42.2 Å². The molecule has 0 bridgehead atoms. The summed E-state index contributed by atoms with van der Waals surface area (Å²) in [6.07, 6.45) is 0.459. The fourth-order valence-corrected chi connectivity index (χ4v) is 5.87. The van der Waals surface area contributed by atoms with E-state index in [2.05, 4.69) is 38.2 Å². The summed E-state index contributed by atoms with van der Waals surface area (Å²) < 4.78 is 43.2. The van der Waals surface area contributed by atoms with Gasteiger partial charge < -0.3 is 19.1 Å². The van der Waals surface area contributed by atoms with Crippen molar-refractivity contribution in [3.8, 4) is 5.75 Å². The number of imide groups is 1. The van der Waals surface area contributed by atoms with Crippen LogP contribution < -0.4 is 15.4 Å². The van der Waals surface area contributed by atoms with Crippen LogP contribution in [0.25, 0.3) is 0 Å². The zero-order valence-electron chi connectivity index (χ0n) is 21.7. The number of hydrogen-bond acceptors (Lipinski definition) is 8. The number of rotatable bonds is 9. The average molecular weight is 684 g/mol. The Morgan fingerprint density at radius 3 is 2.73 bits per heavy atom. The molecule has 2 aromatic carbocycles. The van der Waals surface area contributed by atoms with Gasteiger partial charge in [-0.25, -0.2) is 7.91 Å². The maximum atomic E-state index is 13.0. The summed E-state index contributed by atoms with van der Waals surface area (Å²) in [6, 6.07) is 8.94. The molecule has 2 N–H and O–H groups in total. The molecule has 2 atom stereocenters. The Balaban J connectivity index is 1.21. The van der Waals surface area contributed by atoms with Crippen molar-refractivity contribution in [1.29, 1.82) is 0 Å². The molecule has 0 saturated carbocycles. The molecule has 0 aromatic heterocycles. The maximum absolute atomic E-state index is 13.0. The number of piperidine rings is 1. The van der Waals surface area contributed by atoms with E-state index in [1.54, 1.807) is 24.3 Å². The Labute approximate surface area is 248 Å². The van der Waals surface area contributed by atoms with Crippen LogP contribution in [0.15, 0.2) is 36.4 Å². The summed E-state index contributed by atoms with van der Waals surface area (Å²) in [5.41, 5.74) is 2.54. The smallest absolute Gasteiger partial charge is 0.411 e. The molecule has 3 aliphatic heterocycles. The van der Waals surface area contributed by atoms with Gasteiger partial charge in [0.15, 0.2) is 0 Å². The number of carbonyl (C=O) groups is 4. The highest BCUT2D eigenvalue weighted by atomic mass is 127. The minimum atomic E-state index is -3.03. The maximum Gasteiger partial charge on any atom is 0.411 e.